The number of hydrogen-bond acceptors (Lipinski definition) is 3. The molecule has 6 nitrogen and oxygen atoms in total. The number of nitrogen functional groups attached to an aromatic ring is 1. The van der Waals surface area contributed by atoms with E-state index in [-0.39, 0.29) is 5.91 Å². The summed E-state index contributed by atoms with van der Waals surface area (Å²) in [6.07, 6.45) is 5.82. The standard InChI is InChI=1S/C12H15N5O/c1-16-5-4-11(15-16)14-12(18)10-6-8(13)7-17(10)9-2-3-9/h4-7,9H,2-3,13H2,1H3,(H,14,15,18). The first-order valence-corrected chi connectivity index (χ1v) is 5.92. The molecule has 1 amide bonds. The molecule has 6 heteroatoms. The first-order chi connectivity index (χ1) is 8.63. The molecule has 1 saturated carbocycles. The van der Waals surface area contributed by atoms with Crippen LogP contribution in [0.2, 0.25) is 0 Å². The van der Waals surface area contributed by atoms with E-state index in [9.17, 15) is 4.79 Å². The van der Waals surface area contributed by atoms with E-state index in [4.69, 9.17) is 5.73 Å². The van der Waals surface area contributed by atoms with Gasteiger partial charge in [-0.2, -0.15) is 5.10 Å². The Balaban J connectivity index is 1.83. The number of rotatable bonds is 3. The lowest BCUT2D eigenvalue weighted by molar-refractivity contribution is 0.101. The van der Waals surface area contributed by atoms with Crippen molar-refractivity contribution in [2.75, 3.05) is 11.1 Å². The van der Waals surface area contributed by atoms with Crippen LogP contribution in [0.1, 0.15) is 29.4 Å². The third-order valence-corrected chi connectivity index (χ3v) is 3.00. The minimum Gasteiger partial charge on any atom is -0.397 e. The zero-order valence-corrected chi connectivity index (χ0v) is 10.1. The number of anilines is 2. The van der Waals surface area contributed by atoms with Crippen molar-refractivity contribution in [1.82, 2.24) is 14.3 Å². The Morgan fingerprint density at radius 2 is 2.33 bits per heavy atom. The molecule has 0 bridgehead atoms. The van der Waals surface area contributed by atoms with E-state index >= 15 is 0 Å². The minimum atomic E-state index is -0.169. The van der Waals surface area contributed by atoms with E-state index in [2.05, 4.69) is 10.4 Å². The molecule has 2 aromatic rings. The fourth-order valence-electron chi connectivity index (χ4n) is 2.00. The summed E-state index contributed by atoms with van der Waals surface area (Å²) in [6, 6.07) is 3.88. The van der Waals surface area contributed by atoms with Gasteiger partial charge in [0.1, 0.15) is 5.69 Å². The summed E-state index contributed by atoms with van der Waals surface area (Å²) in [5, 5.41) is 6.89. The van der Waals surface area contributed by atoms with Gasteiger partial charge in [-0.15, -0.1) is 0 Å². The van der Waals surface area contributed by atoms with Gasteiger partial charge in [0.05, 0.1) is 5.69 Å². The molecule has 94 valence electrons. The summed E-state index contributed by atoms with van der Waals surface area (Å²) >= 11 is 0. The molecule has 0 aromatic carbocycles. The van der Waals surface area contributed by atoms with E-state index in [1.54, 1.807) is 30.1 Å². The largest absolute Gasteiger partial charge is 0.397 e. The highest BCUT2D eigenvalue weighted by Gasteiger charge is 2.27. The fraction of sp³-hybridized carbons (Fsp3) is 0.333. The van der Waals surface area contributed by atoms with Gasteiger partial charge in [-0.1, -0.05) is 0 Å². The summed E-state index contributed by atoms with van der Waals surface area (Å²) in [6.45, 7) is 0. The van der Waals surface area contributed by atoms with Crippen molar-refractivity contribution in [2.45, 2.75) is 18.9 Å². The monoisotopic (exact) mass is 245 g/mol. The van der Waals surface area contributed by atoms with Crippen LogP contribution in [0.4, 0.5) is 11.5 Å². The van der Waals surface area contributed by atoms with Crippen molar-refractivity contribution >= 4 is 17.4 Å². The van der Waals surface area contributed by atoms with Crippen LogP contribution in [0.15, 0.2) is 24.5 Å². The van der Waals surface area contributed by atoms with Gasteiger partial charge in [-0.25, -0.2) is 0 Å². The van der Waals surface area contributed by atoms with Crippen LogP contribution in [-0.4, -0.2) is 20.3 Å². The number of carbonyl (C=O) groups is 1. The first kappa shape index (κ1) is 10.9. The van der Waals surface area contributed by atoms with Crippen LogP contribution >= 0.6 is 0 Å². The minimum absolute atomic E-state index is 0.169. The molecular weight excluding hydrogens is 230 g/mol. The second kappa shape index (κ2) is 3.90. The second-order valence-electron chi connectivity index (χ2n) is 4.63. The molecule has 0 unspecified atom stereocenters. The molecule has 1 aliphatic carbocycles. The number of hydrogen-bond donors (Lipinski definition) is 2. The van der Waals surface area contributed by atoms with Crippen molar-refractivity contribution in [3.63, 3.8) is 0 Å². The summed E-state index contributed by atoms with van der Waals surface area (Å²) < 4.78 is 3.59. The molecule has 3 rings (SSSR count). The van der Waals surface area contributed by atoms with Crippen molar-refractivity contribution in [3.05, 3.63) is 30.2 Å². The number of aryl methyl sites for hydroxylation is 1. The van der Waals surface area contributed by atoms with Crippen LogP contribution in [-0.2, 0) is 7.05 Å². The maximum atomic E-state index is 12.2. The number of aromatic nitrogens is 3. The molecular formula is C12H15N5O. The van der Waals surface area contributed by atoms with Gasteiger partial charge in [0.2, 0.25) is 0 Å². The third kappa shape index (κ3) is 1.97. The van der Waals surface area contributed by atoms with E-state index < -0.39 is 0 Å². The Bertz CT molecular complexity index is 593. The average Bonchev–Trinajstić information content (AvgIpc) is 2.98. The van der Waals surface area contributed by atoms with E-state index in [1.165, 1.54) is 0 Å². The van der Waals surface area contributed by atoms with Gasteiger partial charge in [-0.05, 0) is 18.9 Å². The van der Waals surface area contributed by atoms with E-state index in [0.29, 0.717) is 23.2 Å². The van der Waals surface area contributed by atoms with E-state index in [0.717, 1.165) is 12.8 Å². The Labute approximate surface area is 104 Å². The average molecular weight is 245 g/mol. The van der Waals surface area contributed by atoms with Gasteiger partial charge in [0.15, 0.2) is 5.82 Å². The van der Waals surface area contributed by atoms with Crippen LogP contribution < -0.4 is 11.1 Å². The van der Waals surface area contributed by atoms with Crippen LogP contribution in [0.25, 0.3) is 0 Å². The summed E-state index contributed by atoms with van der Waals surface area (Å²) in [7, 11) is 1.81. The molecule has 2 aromatic heterocycles. The van der Waals surface area contributed by atoms with Crippen LogP contribution in [0.3, 0.4) is 0 Å². The van der Waals surface area contributed by atoms with Gasteiger partial charge in [-0.3, -0.25) is 9.48 Å². The molecule has 2 heterocycles. The molecule has 0 radical (unpaired) electrons. The molecule has 0 spiro atoms. The van der Waals surface area contributed by atoms with Gasteiger partial charge < -0.3 is 15.6 Å². The first-order valence-electron chi connectivity index (χ1n) is 5.92. The van der Waals surface area contributed by atoms with Crippen molar-refractivity contribution in [1.29, 1.82) is 0 Å². The Morgan fingerprint density at radius 1 is 1.56 bits per heavy atom. The van der Waals surface area contributed by atoms with Gasteiger partial charge in [0.25, 0.3) is 5.91 Å². The zero-order valence-electron chi connectivity index (χ0n) is 10.1. The van der Waals surface area contributed by atoms with Crippen LogP contribution in [0.5, 0.6) is 0 Å². The Hall–Kier alpha value is -2.24. The predicted molar refractivity (Wildman–Crippen MR) is 68.3 cm³/mol. The normalized spacial score (nSPS) is 14.7. The highest BCUT2D eigenvalue weighted by atomic mass is 16.2. The molecule has 0 saturated heterocycles. The summed E-state index contributed by atoms with van der Waals surface area (Å²) in [5.74, 6) is 0.377. The van der Waals surface area contributed by atoms with E-state index in [1.807, 2.05) is 10.8 Å². The SMILES string of the molecule is Cn1ccc(NC(=O)c2cc(N)cn2C2CC2)n1. The van der Waals surface area contributed by atoms with Crippen molar-refractivity contribution < 1.29 is 4.79 Å². The predicted octanol–water partition coefficient (Wildman–Crippen LogP) is 1.39. The molecule has 1 aliphatic rings. The smallest absolute Gasteiger partial charge is 0.273 e. The molecule has 3 N–H and O–H groups in total. The van der Waals surface area contributed by atoms with Crippen molar-refractivity contribution in [2.24, 2.45) is 7.05 Å². The molecule has 0 aliphatic heterocycles. The lowest BCUT2D eigenvalue weighted by atomic mass is 10.3. The fourth-order valence-corrected chi connectivity index (χ4v) is 2.00. The summed E-state index contributed by atoms with van der Waals surface area (Å²) in [4.78, 5) is 12.2. The highest BCUT2D eigenvalue weighted by Crippen LogP contribution is 2.37. The topological polar surface area (TPSA) is 77.9 Å². The van der Waals surface area contributed by atoms with Gasteiger partial charge >= 0.3 is 0 Å². The molecule has 18 heavy (non-hydrogen) atoms. The lowest BCUT2D eigenvalue weighted by Crippen LogP contribution is -2.16. The van der Waals surface area contributed by atoms with Crippen molar-refractivity contribution in [3.8, 4) is 0 Å². The molecule has 1 fully saturated rings. The number of nitrogens with two attached hydrogens (primary N) is 1. The molecule has 0 atom stereocenters. The maximum Gasteiger partial charge on any atom is 0.273 e. The summed E-state index contributed by atoms with van der Waals surface area (Å²) in [5.41, 5.74) is 6.98. The van der Waals surface area contributed by atoms with Gasteiger partial charge in [0, 0.05) is 31.5 Å². The zero-order chi connectivity index (χ0) is 12.7. The number of amides is 1. The quantitative estimate of drug-likeness (QED) is 0.857. The number of nitrogens with one attached hydrogen (secondary N) is 1. The number of carbonyl (C=O) groups excluding carboxylic acids is 1. The highest BCUT2D eigenvalue weighted by molar-refractivity contribution is 6.03. The van der Waals surface area contributed by atoms with Crippen LogP contribution in [0, 0.1) is 0 Å². The Kier molecular flexibility index (Phi) is 2.36. The number of nitrogens with zero attached hydrogens (tertiary/aromatic N) is 3. The lowest BCUT2D eigenvalue weighted by Gasteiger charge is -2.06. The second-order valence-corrected chi connectivity index (χ2v) is 4.63. The maximum absolute atomic E-state index is 12.2. The Morgan fingerprint density at radius 3 is 2.94 bits per heavy atom. The third-order valence-electron chi connectivity index (χ3n) is 3.00.